The molecule has 5 aromatic carbocycles. The van der Waals surface area contributed by atoms with E-state index in [2.05, 4.69) is 90.0 Å². The Bertz CT molecular complexity index is 2250. The van der Waals surface area contributed by atoms with Gasteiger partial charge >= 0.3 is 0 Å². The topological polar surface area (TPSA) is 33.5 Å². The van der Waals surface area contributed by atoms with Gasteiger partial charge < -0.3 is 19.1 Å². The Kier molecular flexibility index (Phi) is 8.29. The smallest absolute Gasteiger partial charge is 0.135 e. The molecule has 0 atom stereocenters. The molecule has 0 spiro atoms. The summed E-state index contributed by atoms with van der Waals surface area (Å²) in [5.74, 6) is 1.75. The zero-order chi connectivity index (χ0) is 31.2. The first-order valence-corrected chi connectivity index (χ1v) is 15.5. The Morgan fingerprint density at radius 3 is 2.32 bits per heavy atom. The fourth-order valence-corrected chi connectivity index (χ4v) is 6.20. The predicted molar refractivity (Wildman–Crippen MR) is 183 cm³/mol. The molecule has 0 fully saturated rings. The molecule has 2 aromatic heterocycles. The summed E-state index contributed by atoms with van der Waals surface area (Å²) in [6.45, 7) is 6.25. The van der Waals surface area contributed by atoms with Crippen LogP contribution in [0.4, 0.5) is 27.1 Å². The van der Waals surface area contributed by atoms with Gasteiger partial charge in [-0.1, -0.05) is 62.2 Å². The van der Waals surface area contributed by atoms with E-state index in [0.29, 0.717) is 11.5 Å². The van der Waals surface area contributed by atoms with Gasteiger partial charge in [0.05, 0.1) is 0 Å². The van der Waals surface area contributed by atoms with Crippen LogP contribution in [0.1, 0.15) is 25.0 Å². The molecular formula is C40H30FN4OPt-3. The van der Waals surface area contributed by atoms with Gasteiger partial charge in [0.2, 0.25) is 0 Å². The fraction of sp³-hybridized carbons (Fsp3) is 0.100. The van der Waals surface area contributed by atoms with Crippen LogP contribution in [-0.4, -0.2) is 9.55 Å². The molecule has 47 heavy (non-hydrogen) atoms. The number of para-hydroxylation sites is 3. The van der Waals surface area contributed by atoms with Gasteiger partial charge in [-0.15, -0.1) is 48.1 Å². The van der Waals surface area contributed by atoms with E-state index >= 15 is 0 Å². The second kappa shape index (κ2) is 12.7. The van der Waals surface area contributed by atoms with Gasteiger partial charge in [0.15, 0.2) is 0 Å². The average Bonchev–Trinajstić information content (AvgIpc) is 3.64. The first-order valence-electron chi connectivity index (χ1n) is 15.5. The minimum Gasteiger partial charge on any atom is -0.509 e. The van der Waals surface area contributed by atoms with E-state index in [-0.39, 0.29) is 26.9 Å². The second-order valence-corrected chi connectivity index (χ2v) is 11.3. The van der Waals surface area contributed by atoms with Gasteiger partial charge in [-0.05, 0) is 65.9 Å². The number of pyridine rings is 1. The van der Waals surface area contributed by atoms with E-state index in [1.807, 2.05) is 54.2 Å². The molecule has 0 aliphatic carbocycles. The summed E-state index contributed by atoms with van der Waals surface area (Å²) in [5, 5.41) is 2.22. The van der Waals surface area contributed by atoms with Crippen LogP contribution in [0.25, 0.3) is 27.6 Å². The Labute approximate surface area is 288 Å². The van der Waals surface area contributed by atoms with Crippen LogP contribution in [-0.2, 0) is 33.9 Å². The number of halogens is 1. The number of benzene rings is 5. The summed E-state index contributed by atoms with van der Waals surface area (Å²) in [7, 11) is 0. The maximum atomic E-state index is 14.2. The van der Waals surface area contributed by atoms with Crippen molar-refractivity contribution in [3.63, 3.8) is 0 Å². The number of anilines is 4. The quantitative estimate of drug-likeness (QED) is 0.151. The first kappa shape index (κ1) is 30.7. The molecular weight excluding hydrogens is 767 g/mol. The van der Waals surface area contributed by atoms with Crippen molar-refractivity contribution in [2.75, 3.05) is 9.80 Å². The van der Waals surface area contributed by atoms with Crippen molar-refractivity contribution in [1.29, 1.82) is 0 Å². The van der Waals surface area contributed by atoms with E-state index in [9.17, 15) is 4.39 Å². The number of aryl methyl sites for hydroxylation is 2. The van der Waals surface area contributed by atoms with Crippen molar-refractivity contribution in [2.24, 2.45) is 0 Å². The van der Waals surface area contributed by atoms with Gasteiger partial charge in [0.25, 0.3) is 0 Å². The Balaban J connectivity index is 0.00000351. The van der Waals surface area contributed by atoms with Gasteiger partial charge in [0, 0.05) is 61.3 Å². The minimum atomic E-state index is -0.279. The van der Waals surface area contributed by atoms with Crippen LogP contribution in [0.15, 0.2) is 115 Å². The first-order chi connectivity index (χ1) is 22.6. The van der Waals surface area contributed by atoms with Gasteiger partial charge in [-0.25, -0.2) is 9.37 Å². The fourth-order valence-electron chi connectivity index (χ4n) is 6.20. The maximum absolute atomic E-state index is 14.2. The molecule has 8 rings (SSSR count). The summed E-state index contributed by atoms with van der Waals surface area (Å²) in [4.78, 5) is 8.80. The summed E-state index contributed by atoms with van der Waals surface area (Å²) >= 11 is 0. The molecule has 236 valence electrons. The van der Waals surface area contributed by atoms with Crippen molar-refractivity contribution >= 4 is 44.6 Å². The molecule has 5 nitrogen and oxygen atoms in total. The molecule has 0 bridgehead atoms. The second-order valence-electron chi connectivity index (χ2n) is 11.3. The van der Waals surface area contributed by atoms with Crippen molar-refractivity contribution in [3.05, 3.63) is 151 Å². The summed E-state index contributed by atoms with van der Waals surface area (Å²) < 4.78 is 22.9. The Morgan fingerprint density at radius 2 is 1.51 bits per heavy atom. The Hall–Kier alpha value is -4.93. The van der Waals surface area contributed by atoms with Crippen LogP contribution in [0.3, 0.4) is 0 Å². The van der Waals surface area contributed by atoms with Crippen molar-refractivity contribution in [2.45, 2.75) is 26.7 Å². The molecule has 0 unspecified atom stereocenters. The molecule has 1 aliphatic heterocycles. The molecule has 7 aromatic rings. The third kappa shape index (κ3) is 5.57. The SMILES string of the molecule is CCc1cc(Oc2[c-]c3c(cc2)c2ccccc2n3-c2cc(CC)ccn2)[c-]c(N2[CH-]N(c3cccc(F)c3)c3ccccc32)c1.[Pt]. The summed E-state index contributed by atoms with van der Waals surface area (Å²) in [5.41, 5.74) is 7.80. The number of aromatic nitrogens is 2. The van der Waals surface area contributed by atoms with Crippen LogP contribution in [0.5, 0.6) is 11.5 Å². The molecule has 0 radical (unpaired) electrons. The van der Waals surface area contributed by atoms with Crippen molar-refractivity contribution < 1.29 is 30.2 Å². The molecule has 1 aliphatic rings. The van der Waals surface area contributed by atoms with E-state index in [1.165, 1.54) is 17.7 Å². The number of rotatable bonds is 7. The molecule has 3 heterocycles. The van der Waals surface area contributed by atoms with Crippen molar-refractivity contribution in [1.82, 2.24) is 9.55 Å². The van der Waals surface area contributed by atoms with Gasteiger partial charge in [-0.2, -0.15) is 11.6 Å². The van der Waals surface area contributed by atoms with E-state index in [1.54, 1.807) is 6.07 Å². The third-order valence-electron chi connectivity index (χ3n) is 8.50. The van der Waals surface area contributed by atoms with Gasteiger partial charge in [0.1, 0.15) is 11.6 Å². The zero-order valence-corrected chi connectivity index (χ0v) is 28.1. The maximum Gasteiger partial charge on any atom is 0.135 e. The number of hydrogen-bond donors (Lipinski definition) is 0. The molecule has 0 saturated heterocycles. The largest absolute Gasteiger partial charge is 0.509 e. The van der Waals surface area contributed by atoms with Crippen LogP contribution < -0.4 is 14.5 Å². The van der Waals surface area contributed by atoms with E-state index < -0.39 is 0 Å². The van der Waals surface area contributed by atoms with Crippen LogP contribution >= 0.6 is 0 Å². The molecule has 7 heteroatoms. The monoisotopic (exact) mass is 796 g/mol. The number of fused-ring (bicyclic) bond motifs is 4. The van der Waals surface area contributed by atoms with Gasteiger partial charge in [-0.3, -0.25) is 0 Å². The Morgan fingerprint density at radius 1 is 0.723 bits per heavy atom. The standard InChI is InChI=1S/C40H30FN4O.Pt/c1-3-27-18-19-42-40(22-27)45-36-13-6-5-12-34(36)35-17-16-32(25-39(35)45)46-33-21-28(4-2)20-31(24-33)44-26-43(30-11-9-10-29(41)23-30)37-14-7-8-15-38(37)44;/h5-23,26H,3-4H2,1-2H3;/q-3;. The van der Waals surface area contributed by atoms with E-state index in [0.717, 1.165) is 68.8 Å². The summed E-state index contributed by atoms with van der Waals surface area (Å²) in [6, 6.07) is 42.5. The third-order valence-corrected chi connectivity index (χ3v) is 8.50. The molecule has 0 saturated carbocycles. The average molecular weight is 797 g/mol. The summed E-state index contributed by atoms with van der Waals surface area (Å²) in [6.07, 6.45) is 3.61. The zero-order valence-electron chi connectivity index (χ0n) is 25.9. The number of hydrogen-bond acceptors (Lipinski definition) is 4. The normalized spacial score (nSPS) is 12.4. The molecule has 0 amide bonds. The molecule has 0 N–H and O–H groups in total. The number of ether oxygens (including phenoxy) is 1. The van der Waals surface area contributed by atoms with Crippen molar-refractivity contribution in [3.8, 4) is 17.3 Å². The minimum absolute atomic E-state index is 0. The van der Waals surface area contributed by atoms with Crippen LogP contribution in [0, 0.1) is 24.6 Å². The predicted octanol–water partition coefficient (Wildman–Crippen LogP) is 10.2. The van der Waals surface area contributed by atoms with E-state index in [4.69, 9.17) is 9.72 Å². The van der Waals surface area contributed by atoms with Crippen LogP contribution in [0.2, 0.25) is 0 Å². The number of nitrogens with zero attached hydrogens (tertiary/aromatic N) is 4.